The summed E-state index contributed by atoms with van der Waals surface area (Å²) in [4.78, 5) is 4.13. The average Bonchev–Trinajstić information content (AvgIpc) is 2.74. The highest BCUT2D eigenvalue weighted by Crippen LogP contribution is 2.18. The highest BCUT2D eigenvalue weighted by molar-refractivity contribution is 5.45. The van der Waals surface area contributed by atoms with Gasteiger partial charge < -0.3 is 14.7 Å². The maximum absolute atomic E-state index is 5.36. The van der Waals surface area contributed by atoms with E-state index in [0.29, 0.717) is 30.4 Å². The molecule has 2 aromatic heterocycles. The molecule has 14 heavy (non-hydrogen) atoms. The molecule has 2 rings (SSSR count). The lowest BCUT2D eigenvalue weighted by Gasteiger charge is -1.85. The number of furan rings is 1. The Morgan fingerprint density at radius 1 is 1.43 bits per heavy atom. The Balaban J connectivity index is 2.24. The van der Waals surface area contributed by atoms with Crippen molar-refractivity contribution in [3.05, 3.63) is 23.8 Å². The zero-order valence-corrected chi connectivity index (χ0v) is 7.86. The number of hydrogen-bond acceptors (Lipinski definition) is 5. The van der Waals surface area contributed by atoms with E-state index in [2.05, 4.69) is 10.1 Å². The first-order chi connectivity index (χ1) is 6.79. The number of rotatable bonds is 3. The van der Waals surface area contributed by atoms with Gasteiger partial charge >= 0.3 is 0 Å². The lowest BCUT2D eigenvalue weighted by Crippen LogP contribution is -2.02. The van der Waals surface area contributed by atoms with Crippen molar-refractivity contribution in [1.29, 1.82) is 0 Å². The molecular weight excluding hydrogens is 182 g/mol. The zero-order valence-electron chi connectivity index (χ0n) is 7.86. The number of nitrogens with zero attached hydrogens (tertiary/aromatic N) is 2. The van der Waals surface area contributed by atoms with Crippen molar-refractivity contribution in [2.75, 3.05) is 6.54 Å². The Bertz CT molecular complexity index is 419. The summed E-state index contributed by atoms with van der Waals surface area (Å²) in [6.45, 7) is 2.36. The summed E-state index contributed by atoms with van der Waals surface area (Å²) in [5.74, 6) is 2.46. The van der Waals surface area contributed by atoms with Gasteiger partial charge in [0.25, 0.3) is 0 Å². The molecule has 0 atom stereocenters. The van der Waals surface area contributed by atoms with Gasteiger partial charge in [-0.15, -0.1) is 0 Å². The molecule has 0 amide bonds. The van der Waals surface area contributed by atoms with Crippen LogP contribution in [0, 0.1) is 6.92 Å². The van der Waals surface area contributed by atoms with Crippen LogP contribution in [0.3, 0.4) is 0 Å². The smallest absolute Gasteiger partial charge is 0.238 e. The third-order valence-corrected chi connectivity index (χ3v) is 1.79. The van der Waals surface area contributed by atoms with Gasteiger partial charge in [-0.25, -0.2) is 0 Å². The molecule has 0 aliphatic carbocycles. The van der Waals surface area contributed by atoms with Crippen molar-refractivity contribution >= 4 is 0 Å². The van der Waals surface area contributed by atoms with Gasteiger partial charge in [0, 0.05) is 13.0 Å². The molecule has 0 bridgehead atoms. The van der Waals surface area contributed by atoms with Gasteiger partial charge in [-0.1, -0.05) is 5.16 Å². The van der Waals surface area contributed by atoms with Crippen LogP contribution in [0.25, 0.3) is 11.6 Å². The maximum atomic E-state index is 5.36. The van der Waals surface area contributed by atoms with Crippen molar-refractivity contribution in [3.63, 3.8) is 0 Å². The lowest BCUT2D eigenvalue weighted by atomic mass is 10.4. The summed E-state index contributed by atoms with van der Waals surface area (Å²) >= 11 is 0. The SMILES string of the molecule is Cc1ccc(-c2noc(CCN)n2)o1. The largest absolute Gasteiger partial charge is 0.458 e. The number of aryl methyl sites for hydroxylation is 1. The third-order valence-electron chi connectivity index (χ3n) is 1.79. The minimum atomic E-state index is 0.474. The molecule has 0 aliphatic rings. The molecule has 5 heteroatoms. The van der Waals surface area contributed by atoms with Crippen LogP contribution in [0.2, 0.25) is 0 Å². The highest BCUT2D eigenvalue weighted by Gasteiger charge is 2.10. The Kier molecular flexibility index (Phi) is 2.32. The van der Waals surface area contributed by atoms with Gasteiger partial charge in [0.1, 0.15) is 5.76 Å². The fourth-order valence-electron chi connectivity index (χ4n) is 1.13. The molecule has 74 valence electrons. The van der Waals surface area contributed by atoms with Crippen LogP contribution in [-0.2, 0) is 6.42 Å². The van der Waals surface area contributed by atoms with Crippen molar-refractivity contribution in [1.82, 2.24) is 10.1 Å². The molecular formula is C9H11N3O2. The number of nitrogens with two attached hydrogens (primary N) is 1. The minimum Gasteiger partial charge on any atom is -0.458 e. The molecule has 0 saturated carbocycles. The van der Waals surface area contributed by atoms with Gasteiger partial charge in [-0.2, -0.15) is 4.98 Å². The topological polar surface area (TPSA) is 78.1 Å². The Labute approximate surface area is 80.9 Å². The normalized spacial score (nSPS) is 10.7. The summed E-state index contributed by atoms with van der Waals surface area (Å²) in [5.41, 5.74) is 5.36. The Morgan fingerprint density at radius 3 is 2.93 bits per heavy atom. The van der Waals surface area contributed by atoms with E-state index in [1.165, 1.54) is 0 Å². The van der Waals surface area contributed by atoms with Crippen LogP contribution in [-0.4, -0.2) is 16.7 Å². The van der Waals surface area contributed by atoms with Crippen LogP contribution >= 0.6 is 0 Å². The van der Waals surface area contributed by atoms with E-state index in [1.807, 2.05) is 19.1 Å². The van der Waals surface area contributed by atoms with Crippen LogP contribution in [0.4, 0.5) is 0 Å². The van der Waals surface area contributed by atoms with Gasteiger partial charge in [0.05, 0.1) is 0 Å². The Hall–Kier alpha value is -1.62. The lowest BCUT2D eigenvalue weighted by molar-refractivity contribution is 0.379. The van der Waals surface area contributed by atoms with Crippen LogP contribution in [0.5, 0.6) is 0 Å². The summed E-state index contributed by atoms with van der Waals surface area (Å²) in [6, 6.07) is 3.67. The van der Waals surface area contributed by atoms with Gasteiger partial charge in [-0.3, -0.25) is 0 Å². The first-order valence-corrected chi connectivity index (χ1v) is 4.39. The molecule has 2 aromatic rings. The predicted molar refractivity (Wildman–Crippen MR) is 49.5 cm³/mol. The van der Waals surface area contributed by atoms with E-state index >= 15 is 0 Å². The van der Waals surface area contributed by atoms with E-state index in [4.69, 9.17) is 14.7 Å². The van der Waals surface area contributed by atoms with Gasteiger partial charge in [0.2, 0.25) is 11.7 Å². The van der Waals surface area contributed by atoms with E-state index in [1.54, 1.807) is 0 Å². The minimum absolute atomic E-state index is 0.474. The maximum Gasteiger partial charge on any atom is 0.238 e. The molecule has 0 aromatic carbocycles. The van der Waals surface area contributed by atoms with E-state index < -0.39 is 0 Å². The van der Waals surface area contributed by atoms with Gasteiger partial charge in [-0.05, 0) is 19.1 Å². The molecule has 0 unspecified atom stereocenters. The fraction of sp³-hybridized carbons (Fsp3) is 0.333. The molecule has 0 radical (unpaired) electrons. The first-order valence-electron chi connectivity index (χ1n) is 4.39. The molecule has 2 N–H and O–H groups in total. The number of hydrogen-bond donors (Lipinski definition) is 1. The molecule has 5 nitrogen and oxygen atoms in total. The molecule has 0 aliphatic heterocycles. The van der Waals surface area contributed by atoms with E-state index in [0.717, 1.165) is 5.76 Å². The molecule has 2 heterocycles. The van der Waals surface area contributed by atoms with Crippen molar-refractivity contribution in [2.45, 2.75) is 13.3 Å². The summed E-state index contributed by atoms with van der Waals surface area (Å²) in [6.07, 6.45) is 0.590. The summed E-state index contributed by atoms with van der Waals surface area (Å²) in [7, 11) is 0. The predicted octanol–water partition coefficient (Wildman–Crippen LogP) is 1.14. The second-order valence-corrected chi connectivity index (χ2v) is 2.96. The van der Waals surface area contributed by atoms with Crippen molar-refractivity contribution in [3.8, 4) is 11.6 Å². The summed E-state index contributed by atoms with van der Waals surface area (Å²) in [5, 5.41) is 3.78. The standard InChI is InChI=1S/C9H11N3O2/c1-6-2-3-7(13-6)9-11-8(4-5-10)14-12-9/h2-3H,4-5,10H2,1H3. The van der Waals surface area contributed by atoms with Gasteiger partial charge in [0.15, 0.2) is 5.76 Å². The second-order valence-electron chi connectivity index (χ2n) is 2.96. The average molecular weight is 193 g/mol. The third kappa shape index (κ3) is 1.67. The van der Waals surface area contributed by atoms with Crippen LogP contribution in [0.15, 0.2) is 21.1 Å². The monoisotopic (exact) mass is 193 g/mol. The quantitative estimate of drug-likeness (QED) is 0.790. The zero-order chi connectivity index (χ0) is 9.97. The Morgan fingerprint density at radius 2 is 2.29 bits per heavy atom. The fourth-order valence-corrected chi connectivity index (χ4v) is 1.13. The molecule has 0 fully saturated rings. The van der Waals surface area contributed by atoms with E-state index in [9.17, 15) is 0 Å². The van der Waals surface area contributed by atoms with Crippen molar-refractivity contribution in [2.24, 2.45) is 5.73 Å². The highest BCUT2D eigenvalue weighted by atomic mass is 16.5. The van der Waals surface area contributed by atoms with Crippen LogP contribution in [0.1, 0.15) is 11.7 Å². The molecule has 0 saturated heterocycles. The molecule has 0 spiro atoms. The first kappa shape index (κ1) is 8.96. The second kappa shape index (κ2) is 3.63. The van der Waals surface area contributed by atoms with Crippen molar-refractivity contribution < 1.29 is 8.94 Å². The number of aromatic nitrogens is 2. The summed E-state index contributed by atoms with van der Waals surface area (Å²) < 4.78 is 10.3. The van der Waals surface area contributed by atoms with Crippen LogP contribution < -0.4 is 5.73 Å². The van der Waals surface area contributed by atoms with E-state index in [-0.39, 0.29) is 0 Å².